The molecule has 0 aliphatic heterocycles. The van der Waals surface area contributed by atoms with Crippen molar-refractivity contribution in [2.45, 2.75) is 45.8 Å². The van der Waals surface area contributed by atoms with Gasteiger partial charge in [-0.3, -0.25) is 4.79 Å². The lowest BCUT2D eigenvalue weighted by molar-refractivity contribution is -0.121. The SMILES string of the molecule is CCCNC(=O)CN(CCC)S(=O)(=O)C(C)C. The van der Waals surface area contributed by atoms with E-state index in [0.29, 0.717) is 19.5 Å². The van der Waals surface area contributed by atoms with Crippen molar-refractivity contribution in [3.63, 3.8) is 0 Å². The number of nitrogens with one attached hydrogen (secondary N) is 1. The van der Waals surface area contributed by atoms with Crippen molar-refractivity contribution in [1.82, 2.24) is 9.62 Å². The molecule has 1 N–H and O–H groups in total. The van der Waals surface area contributed by atoms with Crippen LogP contribution in [-0.2, 0) is 14.8 Å². The van der Waals surface area contributed by atoms with Crippen LogP contribution in [0, 0.1) is 0 Å². The second kappa shape index (κ2) is 7.66. The van der Waals surface area contributed by atoms with Crippen molar-refractivity contribution in [2.75, 3.05) is 19.6 Å². The molecule has 0 heterocycles. The number of sulfonamides is 1. The normalized spacial score (nSPS) is 12.1. The molecule has 0 aromatic heterocycles. The minimum atomic E-state index is -3.35. The Morgan fingerprint density at radius 2 is 1.82 bits per heavy atom. The van der Waals surface area contributed by atoms with Crippen LogP contribution in [0.4, 0.5) is 0 Å². The van der Waals surface area contributed by atoms with Crippen molar-refractivity contribution in [3.8, 4) is 0 Å². The van der Waals surface area contributed by atoms with E-state index in [1.807, 2.05) is 13.8 Å². The van der Waals surface area contributed by atoms with Gasteiger partial charge in [0.2, 0.25) is 15.9 Å². The Labute approximate surface area is 105 Å². The Morgan fingerprint density at radius 3 is 2.24 bits per heavy atom. The van der Waals surface area contributed by atoms with Crippen molar-refractivity contribution in [3.05, 3.63) is 0 Å². The van der Waals surface area contributed by atoms with E-state index in [4.69, 9.17) is 0 Å². The van der Waals surface area contributed by atoms with Crippen LogP contribution in [-0.4, -0.2) is 43.5 Å². The van der Waals surface area contributed by atoms with Crippen LogP contribution in [0.2, 0.25) is 0 Å². The van der Waals surface area contributed by atoms with Gasteiger partial charge in [-0.15, -0.1) is 0 Å². The van der Waals surface area contributed by atoms with Gasteiger partial charge in [0.05, 0.1) is 11.8 Å². The number of rotatable bonds is 8. The Morgan fingerprint density at radius 1 is 1.24 bits per heavy atom. The minimum absolute atomic E-state index is 0.0750. The van der Waals surface area contributed by atoms with E-state index in [2.05, 4.69) is 5.32 Å². The summed E-state index contributed by atoms with van der Waals surface area (Å²) in [5, 5.41) is 2.19. The van der Waals surface area contributed by atoms with Crippen LogP contribution >= 0.6 is 0 Å². The van der Waals surface area contributed by atoms with Gasteiger partial charge in [0, 0.05) is 13.1 Å². The first-order valence-electron chi connectivity index (χ1n) is 6.11. The van der Waals surface area contributed by atoms with Gasteiger partial charge < -0.3 is 5.32 Å². The van der Waals surface area contributed by atoms with E-state index >= 15 is 0 Å². The molecule has 0 aliphatic rings. The summed E-state index contributed by atoms with van der Waals surface area (Å²) >= 11 is 0. The summed E-state index contributed by atoms with van der Waals surface area (Å²) in [6, 6.07) is 0. The zero-order chi connectivity index (χ0) is 13.5. The summed E-state index contributed by atoms with van der Waals surface area (Å²) in [7, 11) is -3.35. The Hall–Kier alpha value is -0.620. The highest BCUT2D eigenvalue weighted by atomic mass is 32.2. The first-order valence-corrected chi connectivity index (χ1v) is 7.62. The van der Waals surface area contributed by atoms with Gasteiger partial charge in [-0.2, -0.15) is 4.31 Å². The third kappa shape index (κ3) is 5.50. The van der Waals surface area contributed by atoms with Gasteiger partial charge in [-0.05, 0) is 26.7 Å². The number of carbonyl (C=O) groups excluding carboxylic acids is 1. The molecular weight excluding hydrogens is 240 g/mol. The lowest BCUT2D eigenvalue weighted by Crippen LogP contribution is -2.43. The van der Waals surface area contributed by atoms with E-state index < -0.39 is 15.3 Å². The minimum Gasteiger partial charge on any atom is -0.355 e. The Bertz CT molecular complexity index is 326. The molecule has 0 bridgehead atoms. The summed E-state index contributed by atoms with van der Waals surface area (Å²) in [4.78, 5) is 11.5. The summed E-state index contributed by atoms with van der Waals surface area (Å²) in [6.45, 7) is 8.00. The Kier molecular flexibility index (Phi) is 7.38. The van der Waals surface area contributed by atoms with E-state index in [1.54, 1.807) is 13.8 Å². The predicted octanol–water partition coefficient (Wildman–Crippen LogP) is 0.963. The van der Waals surface area contributed by atoms with Crippen LogP contribution < -0.4 is 5.32 Å². The number of hydrogen-bond donors (Lipinski definition) is 1. The Balaban J connectivity index is 4.60. The predicted molar refractivity (Wildman–Crippen MR) is 69.2 cm³/mol. The third-order valence-corrected chi connectivity index (χ3v) is 4.54. The van der Waals surface area contributed by atoms with Crippen molar-refractivity contribution in [2.24, 2.45) is 0 Å². The van der Waals surface area contributed by atoms with E-state index in [1.165, 1.54) is 4.31 Å². The molecule has 5 nitrogen and oxygen atoms in total. The fourth-order valence-corrected chi connectivity index (χ4v) is 2.65. The molecule has 0 aromatic rings. The highest BCUT2D eigenvalue weighted by molar-refractivity contribution is 7.89. The van der Waals surface area contributed by atoms with Crippen LogP contribution in [0.1, 0.15) is 40.5 Å². The summed E-state index contributed by atoms with van der Waals surface area (Å²) in [5.74, 6) is -0.232. The van der Waals surface area contributed by atoms with Crippen LogP contribution in [0.5, 0.6) is 0 Å². The molecular formula is C11H24N2O3S. The maximum atomic E-state index is 12.0. The first kappa shape index (κ1) is 16.4. The molecule has 0 radical (unpaired) electrons. The molecule has 1 amide bonds. The zero-order valence-corrected chi connectivity index (χ0v) is 12.0. The van der Waals surface area contributed by atoms with Crippen molar-refractivity contribution >= 4 is 15.9 Å². The van der Waals surface area contributed by atoms with Gasteiger partial charge in [-0.25, -0.2) is 8.42 Å². The highest BCUT2D eigenvalue weighted by Gasteiger charge is 2.26. The molecule has 0 rings (SSSR count). The van der Waals surface area contributed by atoms with Crippen LogP contribution in [0.15, 0.2) is 0 Å². The van der Waals surface area contributed by atoms with Crippen molar-refractivity contribution < 1.29 is 13.2 Å². The maximum Gasteiger partial charge on any atom is 0.235 e. The zero-order valence-electron chi connectivity index (χ0n) is 11.2. The number of amides is 1. The average molecular weight is 264 g/mol. The maximum absolute atomic E-state index is 12.0. The van der Waals surface area contributed by atoms with Gasteiger partial charge in [0.1, 0.15) is 0 Å². The standard InChI is InChI=1S/C11H24N2O3S/c1-5-7-12-11(14)9-13(8-6-2)17(15,16)10(3)4/h10H,5-9H2,1-4H3,(H,12,14). The van der Waals surface area contributed by atoms with Gasteiger partial charge in [0.25, 0.3) is 0 Å². The van der Waals surface area contributed by atoms with Crippen LogP contribution in [0.25, 0.3) is 0 Å². The summed E-state index contributed by atoms with van der Waals surface area (Å²) in [5.41, 5.74) is 0. The number of hydrogen-bond acceptors (Lipinski definition) is 3. The van der Waals surface area contributed by atoms with Crippen LogP contribution in [0.3, 0.4) is 0 Å². The molecule has 102 valence electrons. The number of nitrogens with zero attached hydrogens (tertiary/aromatic N) is 1. The smallest absolute Gasteiger partial charge is 0.235 e. The topological polar surface area (TPSA) is 66.5 Å². The third-order valence-electron chi connectivity index (χ3n) is 2.32. The van der Waals surface area contributed by atoms with E-state index in [-0.39, 0.29) is 12.5 Å². The lowest BCUT2D eigenvalue weighted by Gasteiger charge is -2.23. The average Bonchev–Trinajstić information content (AvgIpc) is 2.25. The van der Waals surface area contributed by atoms with Crippen molar-refractivity contribution in [1.29, 1.82) is 0 Å². The molecule has 6 heteroatoms. The van der Waals surface area contributed by atoms with Gasteiger partial charge in [-0.1, -0.05) is 13.8 Å². The second-order valence-corrected chi connectivity index (χ2v) is 6.77. The fraction of sp³-hybridized carbons (Fsp3) is 0.909. The van der Waals surface area contributed by atoms with E-state index in [9.17, 15) is 13.2 Å². The molecule has 0 saturated heterocycles. The molecule has 0 atom stereocenters. The molecule has 0 aromatic carbocycles. The highest BCUT2D eigenvalue weighted by Crippen LogP contribution is 2.08. The molecule has 0 unspecified atom stereocenters. The summed E-state index contributed by atoms with van der Waals surface area (Å²) in [6.07, 6.45) is 1.55. The summed E-state index contributed by atoms with van der Waals surface area (Å²) < 4.78 is 25.2. The molecule has 0 aliphatic carbocycles. The molecule has 0 spiro atoms. The fourth-order valence-electron chi connectivity index (χ4n) is 1.32. The monoisotopic (exact) mass is 264 g/mol. The van der Waals surface area contributed by atoms with Gasteiger partial charge >= 0.3 is 0 Å². The number of carbonyl (C=O) groups is 1. The van der Waals surface area contributed by atoms with E-state index in [0.717, 1.165) is 6.42 Å². The molecule has 17 heavy (non-hydrogen) atoms. The molecule has 0 saturated carbocycles. The molecule has 0 fully saturated rings. The quantitative estimate of drug-likeness (QED) is 0.710. The van der Waals surface area contributed by atoms with Gasteiger partial charge in [0.15, 0.2) is 0 Å². The second-order valence-electron chi connectivity index (χ2n) is 4.28. The lowest BCUT2D eigenvalue weighted by atomic mass is 10.4. The largest absolute Gasteiger partial charge is 0.355 e. The first-order chi connectivity index (χ1) is 7.86.